The number of nitrogens with two attached hydrogens (primary N) is 1. The second-order valence-corrected chi connectivity index (χ2v) is 2.51. The Labute approximate surface area is 72.9 Å². The molecule has 0 bridgehead atoms. The first-order chi connectivity index (χ1) is 5.57. The van der Waals surface area contributed by atoms with Gasteiger partial charge in [-0.25, -0.2) is 8.78 Å². The molecule has 0 heterocycles. The fourth-order valence-corrected chi connectivity index (χ4v) is 1.08. The lowest BCUT2D eigenvalue weighted by molar-refractivity contribution is 0.410. The molecule has 0 saturated carbocycles. The van der Waals surface area contributed by atoms with Gasteiger partial charge in [-0.05, 0) is 6.07 Å². The predicted octanol–water partition coefficient (Wildman–Crippen LogP) is 2.21. The summed E-state index contributed by atoms with van der Waals surface area (Å²) in [5.41, 5.74) is 4.76. The maximum Gasteiger partial charge on any atom is 0.185 e. The van der Waals surface area contributed by atoms with Gasteiger partial charge >= 0.3 is 0 Å². The third-order valence-electron chi connectivity index (χ3n) is 1.37. The average Bonchev–Trinajstić information content (AvgIpc) is 2.01. The van der Waals surface area contributed by atoms with Crippen LogP contribution in [0.2, 0.25) is 5.02 Å². The van der Waals surface area contributed by atoms with E-state index in [1.165, 1.54) is 7.11 Å². The van der Waals surface area contributed by atoms with Crippen molar-refractivity contribution in [2.75, 3.05) is 12.8 Å². The minimum absolute atomic E-state index is 0.0458. The maximum absolute atomic E-state index is 12.7. The van der Waals surface area contributed by atoms with Gasteiger partial charge in [0.15, 0.2) is 17.4 Å². The number of ether oxygens (including phenoxy) is 1. The van der Waals surface area contributed by atoms with Crippen LogP contribution >= 0.6 is 11.6 Å². The standard InChI is InChI=1S/C7H6ClF2NO/c1-12-7-3(8)2-4(9)5(10)6(7)11/h2H,11H2,1H3. The molecule has 0 spiro atoms. The van der Waals surface area contributed by atoms with E-state index < -0.39 is 17.3 Å². The predicted molar refractivity (Wildman–Crippen MR) is 42.3 cm³/mol. The quantitative estimate of drug-likeness (QED) is 0.548. The van der Waals surface area contributed by atoms with Crippen LogP contribution in [0.25, 0.3) is 0 Å². The lowest BCUT2D eigenvalue weighted by Crippen LogP contribution is -1.99. The second-order valence-electron chi connectivity index (χ2n) is 2.10. The Balaban J connectivity index is 3.40. The summed E-state index contributed by atoms with van der Waals surface area (Å²) in [6.07, 6.45) is 0. The van der Waals surface area contributed by atoms with Gasteiger partial charge in [-0.3, -0.25) is 0 Å². The van der Waals surface area contributed by atoms with Crippen molar-refractivity contribution in [3.05, 3.63) is 22.7 Å². The summed E-state index contributed by atoms with van der Waals surface area (Å²) in [6.45, 7) is 0. The van der Waals surface area contributed by atoms with Crippen molar-refractivity contribution in [2.45, 2.75) is 0 Å². The van der Waals surface area contributed by atoms with E-state index in [9.17, 15) is 8.78 Å². The van der Waals surface area contributed by atoms with Crippen molar-refractivity contribution in [3.63, 3.8) is 0 Å². The number of benzene rings is 1. The number of anilines is 1. The van der Waals surface area contributed by atoms with Crippen molar-refractivity contribution in [3.8, 4) is 5.75 Å². The zero-order valence-electron chi connectivity index (χ0n) is 6.20. The summed E-state index contributed by atoms with van der Waals surface area (Å²) in [4.78, 5) is 0. The van der Waals surface area contributed by atoms with Gasteiger partial charge in [0.1, 0.15) is 5.69 Å². The molecule has 0 aliphatic carbocycles. The zero-order valence-corrected chi connectivity index (χ0v) is 6.95. The molecule has 66 valence electrons. The Morgan fingerprint density at radius 3 is 2.58 bits per heavy atom. The fraction of sp³-hybridized carbons (Fsp3) is 0.143. The average molecular weight is 194 g/mol. The molecule has 0 unspecified atom stereocenters. The van der Waals surface area contributed by atoms with Crippen molar-refractivity contribution in [1.82, 2.24) is 0 Å². The fourth-order valence-electron chi connectivity index (χ4n) is 0.805. The molecular weight excluding hydrogens is 188 g/mol. The molecule has 1 aromatic rings. The molecule has 0 amide bonds. The molecule has 0 saturated heterocycles. The monoisotopic (exact) mass is 193 g/mol. The van der Waals surface area contributed by atoms with E-state index in [1.807, 2.05) is 0 Å². The minimum atomic E-state index is -1.14. The number of hydrogen-bond donors (Lipinski definition) is 1. The highest BCUT2D eigenvalue weighted by molar-refractivity contribution is 6.32. The molecule has 2 nitrogen and oxygen atoms in total. The molecule has 0 atom stereocenters. The number of methoxy groups -OCH3 is 1. The molecule has 0 radical (unpaired) electrons. The third kappa shape index (κ3) is 1.30. The van der Waals surface area contributed by atoms with Crippen LogP contribution in [0.15, 0.2) is 6.07 Å². The Hall–Kier alpha value is -1.03. The molecule has 1 aromatic carbocycles. The summed E-state index contributed by atoms with van der Waals surface area (Å²) in [7, 11) is 1.27. The minimum Gasteiger partial charge on any atom is -0.493 e. The smallest absolute Gasteiger partial charge is 0.185 e. The van der Waals surface area contributed by atoms with Crippen LogP contribution in [0.4, 0.5) is 14.5 Å². The molecule has 0 aliphatic heterocycles. The van der Waals surface area contributed by atoms with Gasteiger partial charge in [0, 0.05) is 0 Å². The van der Waals surface area contributed by atoms with E-state index in [2.05, 4.69) is 4.74 Å². The normalized spacial score (nSPS) is 10.0. The molecule has 2 N–H and O–H groups in total. The van der Waals surface area contributed by atoms with Crippen molar-refractivity contribution in [1.29, 1.82) is 0 Å². The van der Waals surface area contributed by atoms with Gasteiger partial charge < -0.3 is 10.5 Å². The van der Waals surface area contributed by atoms with E-state index in [4.69, 9.17) is 17.3 Å². The zero-order chi connectivity index (χ0) is 9.30. The van der Waals surface area contributed by atoms with Gasteiger partial charge in [0.05, 0.1) is 12.1 Å². The Kier molecular flexibility index (Phi) is 2.38. The molecule has 1 rings (SSSR count). The highest BCUT2D eigenvalue weighted by Crippen LogP contribution is 2.34. The Morgan fingerprint density at radius 2 is 2.08 bits per heavy atom. The number of nitrogen functional groups attached to an aromatic ring is 1. The summed E-state index contributed by atoms with van der Waals surface area (Å²) in [5.74, 6) is -2.27. The van der Waals surface area contributed by atoms with Gasteiger partial charge in [-0.1, -0.05) is 11.6 Å². The van der Waals surface area contributed by atoms with Crippen molar-refractivity contribution >= 4 is 17.3 Å². The van der Waals surface area contributed by atoms with Crippen LogP contribution in [0.1, 0.15) is 0 Å². The van der Waals surface area contributed by atoms with Crippen LogP contribution in [0, 0.1) is 11.6 Å². The van der Waals surface area contributed by atoms with Crippen molar-refractivity contribution < 1.29 is 13.5 Å². The van der Waals surface area contributed by atoms with E-state index in [0.717, 1.165) is 6.07 Å². The highest BCUT2D eigenvalue weighted by atomic mass is 35.5. The molecule has 0 fully saturated rings. The molecule has 12 heavy (non-hydrogen) atoms. The topological polar surface area (TPSA) is 35.2 Å². The van der Waals surface area contributed by atoms with Crippen LogP contribution in [-0.2, 0) is 0 Å². The van der Waals surface area contributed by atoms with Crippen LogP contribution in [-0.4, -0.2) is 7.11 Å². The highest BCUT2D eigenvalue weighted by Gasteiger charge is 2.15. The Bertz CT molecular complexity index is 317. The lowest BCUT2D eigenvalue weighted by atomic mass is 10.2. The number of hydrogen-bond acceptors (Lipinski definition) is 2. The van der Waals surface area contributed by atoms with Gasteiger partial charge in [0.25, 0.3) is 0 Å². The maximum atomic E-state index is 12.7. The first-order valence-corrected chi connectivity index (χ1v) is 3.42. The third-order valence-corrected chi connectivity index (χ3v) is 1.65. The molecule has 0 aromatic heterocycles. The van der Waals surface area contributed by atoms with Crippen LogP contribution in [0.5, 0.6) is 5.75 Å². The summed E-state index contributed by atoms with van der Waals surface area (Å²) in [5, 5.41) is -0.0473. The summed E-state index contributed by atoms with van der Waals surface area (Å²) < 4.78 is 29.9. The van der Waals surface area contributed by atoms with E-state index >= 15 is 0 Å². The van der Waals surface area contributed by atoms with Gasteiger partial charge in [-0.15, -0.1) is 0 Å². The number of rotatable bonds is 1. The second kappa shape index (κ2) is 3.15. The van der Waals surface area contributed by atoms with E-state index in [1.54, 1.807) is 0 Å². The SMILES string of the molecule is COc1c(Cl)cc(F)c(F)c1N. The lowest BCUT2D eigenvalue weighted by Gasteiger charge is -2.07. The number of halogens is 3. The molecule has 0 aliphatic rings. The van der Waals surface area contributed by atoms with Gasteiger partial charge in [-0.2, -0.15) is 0 Å². The first kappa shape index (κ1) is 9.06. The first-order valence-electron chi connectivity index (χ1n) is 3.05. The van der Waals surface area contributed by atoms with E-state index in [-0.39, 0.29) is 10.8 Å². The summed E-state index contributed by atoms with van der Waals surface area (Å²) in [6, 6.07) is 0.812. The molecule has 5 heteroatoms. The Morgan fingerprint density at radius 1 is 1.50 bits per heavy atom. The summed E-state index contributed by atoms with van der Waals surface area (Å²) >= 11 is 5.50. The van der Waals surface area contributed by atoms with Crippen LogP contribution in [0.3, 0.4) is 0 Å². The van der Waals surface area contributed by atoms with E-state index in [0.29, 0.717) is 0 Å². The molecular formula is C7H6ClF2NO. The van der Waals surface area contributed by atoms with Gasteiger partial charge in [0.2, 0.25) is 0 Å². The van der Waals surface area contributed by atoms with Crippen molar-refractivity contribution in [2.24, 2.45) is 0 Å². The van der Waals surface area contributed by atoms with Crippen LogP contribution < -0.4 is 10.5 Å². The largest absolute Gasteiger partial charge is 0.493 e.